The van der Waals surface area contributed by atoms with E-state index in [4.69, 9.17) is 0 Å². The third-order valence-corrected chi connectivity index (χ3v) is 3.35. The van der Waals surface area contributed by atoms with Gasteiger partial charge in [0, 0.05) is 24.0 Å². The van der Waals surface area contributed by atoms with E-state index in [-0.39, 0.29) is 5.91 Å². The molecule has 0 saturated carbocycles. The Labute approximate surface area is 111 Å². The molecule has 0 saturated heterocycles. The molecular formula is C13H17N3OS. The van der Waals surface area contributed by atoms with Crippen LogP contribution in [0, 0.1) is 0 Å². The average Bonchev–Trinajstić information content (AvgIpc) is 3.03. The number of nitrogens with zero attached hydrogens (tertiary/aromatic N) is 2. The van der Waals surface area contributed by atoms with Gasteiger partial charge < -0.3 is 5.32 Å². The Morgan fingerprint density at radius 1 is 1.50 bits per heavy atom. The van der Waals surface area contributed by atoms with Gasteiger partial charge in [-0.2, -0.15) is 16.4 Å². The molecule has 0 aromatic carbocycles. The van der Waals surface area contributed by atoms with Gasteiger partial charge in [-0.15, -0.1) is 0 Å². The number of thiophene rings is 1. The molecule has 0 aliphatic heterocycles. The zero-order valence-corrected chi connectivity index (χ0v) is 11.5. The SMILES string of the molecule is CCCNC(=O)c1cc(-c2ccsc2)n(CC)n1. The molecule has 0 bridgehead atoms. The van der Waals surface area contributed by atoms with Crippen molar-refractivity contribution in [2.45, 2.75) is 26.8 Å². The number of nitrogens with one attached hydrogen (secondary N) is 1. The van der Waals surface area contributed by atoms with E-state index in [2.05, 4.69) is 15.8 Å². The minimum atomic E-state index is -0.0967. The maximum absolute atomic E-state index is 11.9. The van der Waals surface area contributed by atoms with E-state index in [9.17, 15) is 4.79 Å². The maximum atomic E-state index is 11.9. The molecule has 18 heavy (non-hydrogen) atoms. The molecule has 2 aromatic rings. The lowest BCUT2D eigenvalue weighted by Crippen LogP contribution is -2.24. The first-order chi connectivity index (χ1) is 8.76. The summed E-state index contributed by atoms with van der Waals surface area (Å²) in [6, 6.07) is 3.90. The van der Waals surface area contributed by atoms with Crippen LogP contribution in [0.15, 0.2) is 22.9 Å². The Hall–Kier alpha value is -1.62. The third-order valence-electron chi connectivity index (χ3n) is 2.66. The first kappa shape index (κ1) is 12.8. The highest BCUT2D eigenvalue weighted by Gasteiger charge is 2.14. The van der Waals surface area contributed by atoms with Crippen molar-refractivity contribution >= 4 is 17.2 Å². The zero-order valence-electron chi connectivity index (χ0n) is 10.6. The second kappa shape index (κ2) is 5.82. The van der Waals surface area contributed by atoms with Gasteiger partial charge in [0.1, 0.15) is 0 Å². The van der Waals surface area contributed by atoms with Crippen molar-refractivity contribution in [3.63, 3.8) is 0 Å². The second-order valence-corrected chi connectivity index (χ2v) is 4.78. The molecule has 0 spiro atoms. The minimum Gasteiger partial charge on any atom is -0.351 e. The number of aromatic nitrogens is 2. The molecule has 0 unspecified atom stereocenters. The number of carbonyl (C=O) groups is 1. The topological polar surface area (TPSA) is 46.9 Å². The summed E-state index contributed by atoms with van der Waals surface area (Å²) in [7, 11) is 0. The number of hydrogen-bond donors (Lipinski definition) is 1. The van der Waals surface area contributed by atoms with E-state index >= 15 is 0 Å². The van der Waals surface area contributed by atoms with Crippen LogP contribution in [-0.2, 0) is 6.54 Å². The van der Waals surface area contributed by atoms with Gasteiger partial charge in [0.25, 0.3) is 5.91 Å². The Kier molecular flexibility index (Phi) is 4.15. The van der Waals surface area contributed by atoms with Gasteiger partial charge >= 0.3 is 0 Å². The lowest BCUT2D eigenvalue weighted by molar-refractivity contribution is 0.0948. The first-order valence-corrected chi connectivity index (χ1v) is 7.09. The summed E-state index contributed by atoms with van der Waals surface area (Å²) in [5, 5.41) is 11.3. The van der Waals surface area contributed by atoms with Crippen LogP contribution in [0.5, 0.6) is 0 Å². The molecule has 5 heteroatoms. The molecule has 4 nitrogen and oxygen atoms in total. The van der Waals surface area contributed by atoms with E-state index in [0.29, 0.717) is 12.2 Å². The summed E-state index contributed by atoms with van der Waals surface area (Å²) in [5.74, 6) is -0.0967. The fourth-order valence-electron chi connectivity index (χ4n) is 1.74. The van der Waals surface area contributed by atoms with Gasteiger partial charge in [-0.05, 0) is 30.9 Å². The van der Waals surface area contributed by atoms with Crippen LogP contribution in [0.25, 0.3) is 11.3 Å². The Balaban J connectivity index is 2.27. The van der Waals surface area contributed by atoms with Gasteiger partial charge in [-0.3, -0.25) is 9.48 Å². The zero-order chi connectivity index (χ0) is 13.0. The minimum absolute atomic E-state index is 0.0967. The predicted octanol–water partition coefficient (Wildman–Crippen LogP) is 2.77. The van der Waals surface area contributed by atoms with Crippen molar-refractivity contribution in [3.8, 4) is 11.3 Å². The summed E-state index contributed by atoms with van der Waals surface area (Å²) >= 11 is 1.64. The lowest BCUT2D eigenvalue weighted by Gasteiger charge is -2.01. The molecule has 0 aliphatic carbocycles. The van der Waals surface area contributed by atoms with Crippen LogP contribution in [0.2, 0.25) is 0 Å². The summed E-state index contributed by atoms with van der Waals surface area (Å²) in [5.41, 5.74) is 2.61. The number of amides is 1. The standard InChI is InChI=1S/C13H17N3OS/c1-3-6-14-13(17)11-8-12(16(4-2)15-11)10-5-7-18-9-10/h5,7-9H,3-4,6H2,1-2H3,(H,14,17). The molecule has 0 radical (unpaired) electrons. The number of carbonyl (C=O) groups excluding carboxylic acids is 1. The van der Waals surface area contributed by atoms with Gasteiger partial charge in [0.2, 0.25) is 0 Å². The molecule has 2 rings (SSSR count). The van der Waals surface area contributed by atoms with Gasteiger partial charge in [0.15, 0.2) is 5.69 Å². The van der Waals surface area contributed by atoms with E-state index in [1.54, 1.807) is 11.3 Å². The largest absolute Gasteiger partial charge is 0.351 e. The van der Waals surface area contributed by atoms with Crippen LogP contribution in [0.4, 0.5) is 0 Å². The van der Waals surface area contributed by atoms with Crippen LogP contribution >= 0.6 is 11.3 Å². The highest BCUT2D eigenvalue weighted by molar-refractivity contribution is 7.08. The molecular weight excluding hydrogens is 246 g/mol. The van der Waals surface area contributed by atoms with Crippen LogP contribution in [0.3, 0.4) is 0 Å². The summed E-state index contributed by atoms with van der Waals surface area (Å²) in [6.45, 7) is 5.50. The normalized spacial score (nSPS) is 10.6. The van der Waals surface area contributed by atoms with Crippen LogP contribution in [0.1, 0.15) is 30.8 Å². The molecule has 1 N–H and O–H groups in total. The second-order valence-electron chi connectivity index (χ2n) is 4.00. The third kappa shape index (κ3) is 2.61. The van der Waals surface area contributed by atoms with Crippen molar-refractivity contribution in [3.05, 3.63) is 28.6 Å². The molecule has 2 aromatic heterocycles. The fourth-order valence-corrected chi connectivity index (χ4v) is 2.39. The highest BCUT2D eigenvalue weighted by atomic mass is 32.1. The summed E-state index contributed by atoms with van der Waals surface area (Å²) in [6.07, 6.45) is 0.928. The summed E-state index contributed by atoms with van der Waals surface area (Å²) < 4.78 is 1.86. The van der Waals surface area contributed by atoms with E-state index in [1.807, 2.05) is 36.0 Å². The van der Waals surface area contributed by atoms with Crippen molar-refractivity contribution in [1.82, 2.24) is 15.1 Å². The van der Waals surface area contributed by atoms with Crippen LogP contribution < -0.4 is 5.32 Å². The quantitative estimate of drug-likeness (QED) is 0.901. The molecule has 0 fully saturated rings. The van der Waals surface area contributed by atoms with Crippen LogP contribution in [-0.4, -0.2) is 22.2 Å². The smallest absolute Gasteiger partial charge is 0.271 e. The van der Waals surface area contributed by atoms with E-state index in [0.717, 1.165) is 24.2 Å². The Morgan fingerprint density at radius 3 is 2.94 bits per heavy atom. The van der Waals surface area contributed by atoms with Gasteiger partial charge in [-0.1, -0.05) is 6.92 Å². The molecule has 0 aliphatic rings. The summed E-state index contributed by atoms with van der Waals surface area (Å²) in [4.78, 5) is 11.9. The maximum Gasteiger partial charge on any atom is 0.271 e. The van der Waals surface area contributed by atoms with Gasteiger partial charge in [-0.25, -0.2) is 0 Å². The van der Waals surface area contributed by atoms with Crippen molar-refractivity contribution < 1.29 is 4.79 Å². The van der Waals surface area contributed by atoms with Crippen molar-refractivity contribution in [2.75, 3.05) is 6.54 Å². The highest BCUT2D eigenvalue weighted by Crippen LogP contribution is 2.23. The lowest BCUT2D eigenvalue weighted by atomic mass is 10.2. The molecule has 2 heterocycles. The Morgan fingerprint density at radius 2 is 2.33 bits per heavy atom. The molecule has 1 amide bonds. The molecule has 96 valence electrons. The first-order valence-electron chi connectivity index (χ1n) is 6.14. The van der Waals surface area contributed by atoms with E-state index in [1.165, 1.54) is 0 Å². The van der Waals surface area contributed by atoms with Crippen molar-refractivity contribution in [1.29, 1.82) is 0 Å². The number of rotatable bonds is 5. The van der Waals surface area contributed by atoms with Crippen molar-refractivity contribution in [2.24, 2.45) is 0 Å². The molecule has 0 atom stereocenters. The number of hydrogen-bond acceptors (Lipinski definition) is 3. The monoisotopic (exact) mass is 263 g/mol. The average molecular weight is 263 g/mol. The Bertz CT molecular complexity index is 516. The number of aryl methyl sites for hydroxylation is 1. The van der Waals surface area contributed by atoms with Gasteiger partial charge in [0.05, 0.1) is 5.69 Å². The van der Waals surface area contributed by atoms with E-state index < -0.39 is 0 Å². The fraction of sp³-hybridized carbons (Fsp3) is 0.385. The predicted molar refractivity (Wildman–Crippen MR) is 73.8 cm³/mol.